The van der Waals surface area contributed by atoms with Gasteiger partial charge in [0.05, 0.1) is 11.8 Å². The highest BCUT2D eigenvalue weighted by molar-refractivity contribution is 8.00. The van der Waals surface area contributed by atoms with Crippen LogP contribution < -0.4 is 0 Å². The molecule has 1 aromatic carbocycles. The van der Waals surface area contributed by atoms with Crippen LogP contribution in [0.5, 0.6) is 0 Å². The minimum atomic E-state index is -0.200. The summed E-state index contributed by atoms with van der Waals surface area (Å²) in [6, 6.07) is 10.1. The van der Waals surface area contributed by atoms with Gasteiger partial charge in [0.2, 0.25) is 11.1 Å². The number of rotatable bonds is 6. The van der Waals surface area contributed by atoms with Gasteiger partial charge in [-0.15, -0.1) is 5.10 Å². The second kappa shape index (κ2) is 8.44. The van der Waals surface area contributed by atoms with Gasteiger partial charge in [0.15, 0.2) is 0 Å². The van der Waals surface area contributed by atoms with Crippen molar-refractivity contribution in [2.24, 2.45) is 0 Å². The SMILES string of the molecule is CCN1CCN(C(=O)C(C)Sc2nnnn2Cc2ccccc2)CC1. The number of carbonyl (C=O) groups is 1. The number of aromatic nitrogens is 4. The smallest absolute Gasteiger partial charge is 0.235 e. The maximum atomic E-state index is 12.7. The molecule has 1 saturated heterocycles. The molecular formula is C17H24N6OS. The van der Waals surface area contributed by atoms with E-state index in [2.05, 4.69) is 27.3 Å². The van der Waals surface area contributed by atoms with Crippen LogP contribution in [0.15, 0.2) is 35.5 Å². The van der Waals surface area contributed by atoms with Crippen LogP contribution in [0.25, 0.3) is 0 Å². The third kappa shape index (κ3) is 4.58. The van der Waals surface area contributed by atoms with Crippen molar-refractivity contribution in [3.63, 3.8) is 0 Å². The summed E-state index contributed by atoms with van der Waals surface area (Å²) >= 11 is 1.43. The van der Waals surface area contributed by atoms with E-state index in [4.69, 9.17) is 0 Å². The molecule has 1 fully saturated rings. The fourth-order valence-corrected chi connectivity index (χ4v) is 3.76. The number of amides is 1. The molecular weight excluding hydrogens is 336 g/mol. The van der Waals surface area contributed by atoms with Crippen LogP contribution >= 0.6 is 11.8 Å². The van der Waals surface area contributed by atoms with Crippen LogP contribution in [0, 0.1) is 0 Å². The predicted octanol–water partition coefficient (Wildman–Crippen LogP) is 1.37. The molecule has 25 heavy (non-hydrogen) atoms. The first kappa shape index (κ1) is 17.9. The van der Waals surface area contributed by atoms with E-state index in [1.165, 1.54) is 11.8 Å². The van der Waals surface area contributed by atoms with Gasteiger partial charge in [-0.25, -0.2) is 4.68 Å². The zero-order valence-electron chi connectivity index (χ0n) is 14.7. The molecule has 1 atom stereocenters. The highest BCUT2D eigenvalue weighted by Gasteiger charge is 2.26. The molecule has 1 aliphatic heterocycles. The zero-order valence-corrected chi connectivity index (χ0v) is 15.5. The topological polar surface area (TPSA) is 67.2 Å². The van der Waals surface area contributed by atoms with Crippen LogP contribution in [0.4, 0.5) is 0 Å². The second-order valence-electron chi connectivity index (χ2n) is 6.12. The summed E-state index contributed by atoms with van der Waals surface area (Å²) in [4.78, 5) is 17.0. The van der Waals surface area contributed by atoms with Crippen LogP contribution in [-0.2, 0) is 11.3 Å². The van der Waals surface area contributed by atoms with Crippen LogP contribution in [0.2, 0.25) is 0 Å². The van der Waals surface area contributed by atoms with Crippen molar-refractivity contribution in [2.45, 2.75) is 30.8 Å². The van der Waals surface area contributed by atoms with Crippen LogP contribution in [-0.4, -0.2) is 73.9 Å². The molecule has 1 aromatic heterocycles. The van der Waals surface area contributed by atoms with Gasteiger partial charge in [-0.3, -0.25) is 4.79 Å². The van der Waals surface area contributed by atoms with E-state index in [-0.39, 0.29) is 11.2 Å². The average Bonchev–Trinajstić information content (AvgIpc) is 3.08. The average molecular weight is 360 g/mol. The van der Waals surface area contributed by atoms with Crippen molar-refractivity contribution in [1.29, 1.82) is 0 Å². The fraction of sp³-hybridized carbons (Fsp3) is 0.529. The Labute approximate surface area is 152 Å². The van der Waals surface area contributed by atoms with E-state index in [1.54, 1.807) is 4.68 Å². The normalized spacial score (nSPS) is 16.8. The molecule has 134 valence electrons. The number of carbonyl (C=O) groups excluding carboxylic acids is 1. The lowest BCUT2D eigenvalue weighted by Gasteiger charge is -2.35. The summed E-state index contributed by atoms with van der Waals surface area (Å²) in [7, 11) is 0. The first-order valence-electron chi connectivity index (χ1n) is 8.65. The minimum absolute atomic E-state index is 0.162. The van der Waals surface area contributed by atoms with Gasteiger partial charge in [0, 0.05) is 26.2 Å². The number of likely N-dealkylation sites (N-methyl/N-ethyl adjacent to an activating group) is 1. The third-order valence-electron chi connectivity index (χ3n) is 4.44. The third-order valence-corrected chi connectivity index (χ3v) is 5.49. The molecule has 1 amide bonds. The number of tetrazole rings is 1. The summed E-state index contributed by atoms with van der Waals surface area (Å²) < 4.78 is 1.75. The fourth-order valence-electron chi connectivity index (χ4n) is 2.89. The molecule has 0 bridgehead atoms. The highest BCUT2D eigenvalue weighted by atomic mass is 32.2. The van der Waals surface area contributed by atoms with Crippen LogP contribution in [0.3, 0.4) is 0 Å². The van der Waals surface area contributed by atoms with Crippen molar-refractivity contribution in [3.05, 3.63) is 35.9 Å². The monoisotopic (exact) mass is 360 g/mol. The number of hydrogen-bond donors (Lipinski definition) is 0. The molecule has 3 rings (SSSR count). The lowest BCUT2D eigenvalue weighted by Crippen LogP contribution is -2.50. The number of nitrogens with zero attached hydrogens (tertiary/aromatic N) is 6. The molecule has 0 saturated carbocycles. The Balaban J connectivity index is 1.59. The van der Waals surface area contributed by atoms with E-state index in [0.29, 0.717) is 11.7 Å². The molecule has 0 radical (unpaired) electrons. The van der Waals surface area contributed by atoms with Gasteiger partial charge < -0.3 is 9.80 Å². The Kier molecular flexibility index (Phi) is 6.04. The van der Waals surface area contributed by atoms with Gasteiger partial charge in [-0.1, -0.05) is 49.0 Å². The Morgan fingerprint density at radius 2 is 1.92 bits per heavy atom. The first-order valence-corrected chi connectivity index (χ1v) is 9.53. The number of hydrogen-bond acceptors (Lipinski definition) is 6. The quantitative estimate of drug-likeness (QED) is 0.725. The predicted molar refractivity (Wildman–Crippen MR) is 97.4 cm³/mol. The Hall–Kier alpha value is -1.93. The maximum absolute atomic E-state index is 12.7. The number of piperazine rings is 1. The number of thioether (sulfide) groups is 1. The zero-order chi connectivity index (χ0) is 17.6. The molecule has 0 aliphatic carbocycles. The van der Waals surface area contributed by atoms with E-state index in [1.807, 2.05) is 42.2 Å². The summed E-state index contributed by atoms with van der Waals surface area (Å²) in [6.45, 7) is 9.23. The lowest BCUT2D eigenvalue weighted by molar-refractivity contribution is -0.132. The number of benzene rings is 1. The van der Waals surface area contributed by atoms with Gasteiger partial charge in [-0.05, 0) is 29.5 Å². The van der Waals surface area contributed by atoms with Gasteiger partial charge in [0.25, 0.3) is 0 Å². The maximum Gasteiger partial charge on any atom is 0.235 e. The van der Waals surface area contributed by atoms with Gasteiger partial charge in [0.1, 0.15) is 0 Å². The molecule has 0 N–H and O–H groups in total. The second-order valence-corrected chi connectivity index (χ2v) is 7.43. The van der Waals surface area contributed by atoms with Gasteiger partial charge >= 0.3 is 0 Å². The Bertz CT molecular complexity index is 683. The molecule has 1 unspecified atom stereocenters. The summed E-state index contributed by atoms with van der Waals surface area (Å²) in [5.41, 5.74) is 1.13. The summed E-state index contributed by atoms with van der Waals surface area (Å²) in [5, 5.41) is 12.4. The Morgan fingerprint density at radius 3 is 2.60 bits per heavy atom. The largest absolute Gasteiger partial charge is 0.339 e. The van der Waals surface area contributed by atoms with Crippen molar-refractivity contribution < 1.29 is 4.79 Å². The summed E-state index contributed by atoms with van der Waals surface area (Å²) in [5.74, 6) is 0.162. The first-order chi connectivity index (χ1) is 12.2. The molecule has 2 aromatic rings. The van der Waals surface area contributed by atoms with E-state index in [9.17, 15) is 4.79 Å². The molecule has 0 spiro atoms. The van der Waals surface area contributed by atoms with Crippen LogP contribution in [0.1, 0.15) is 19.4 Å². The van der Waals surface area contributed by atoms with Crippen molar-refractivity contribution in [3.8, 4) is 0 Å². The standard InChI is InChI=1S/C17H24N6OS/c1-3-21-9-11-22(12-10-21)16(24)14(2)25-17-18-19-20-23(17)13-15-7-5-4-6-8-15/h4-8,14H,3,9-13H2,1-2H3. The minimum Gasteiger partial charge on any atom is -0.339 e. The molecule has 7 nitrogen and oxygen atoms in total. The molecule has 1 aliphatic rings. The van der Waals surface area contributed by atoms with Crippen molar-refractivity contribution >= 4 is 17.7 Å². The van der Waals surface area contributed by atoms with Crippen molar-refractivity contribution in [2.75, 3.05) is 32.7 Å². The highest BCUT2D eigenvalue weighted by Crippen LogP contribution is 2.23. The van der Waals surface area contributed by atoms with E-state index < -0.39 is 0 Å². The Morgan fingerprint density at radius 1 is 1.20 bits per heavy atom. The van der Waals surface area contributed by atoms with E-state index >= 15 is 0 Å². The van der Waals surface area contributed by atoms with Gasteiger partial charge in [-0.2, -0.15) is 0 Å². The summed E-state index contributed by atoms with van der Waals surface area (Å²) in [6.07, 6.45) is 0. The molecule has 2 heterocycles. The molecule has 8 heteroatoms. The van der Waals surface area contributed by atoms with E-state index in [0.717, 1.165) is 38.3 Å². The van der Waals surface area contributed by atoms with Crippen molar-refractivity contribution in [1.82, 2.24) is 30.0 Å². The lowest BCUT2D eigenvalue weighted by atomic mass is 10.2.